The number of aryl methyl sites for hydroxylation is 1. The van der Waals surface area contributed by atoms with Crippen LogP contribution in [-0.2, 0) is 17.6 Å². The van der Waals surface area contributed by atoms with E-state index in [0.29, 0.717) is 0 Å². The summed E-state index contributed by atoms with van der Waals surface area (Å²) in [7, 11) is 0. The molecule has 1 N–H and O–H groups in total. The second-order valence-corrected chi connectivity index (χ2v) is 6.72. The summed E-state index contributed by atoms with van der Waals surface area (Å²) in [6.45, 7) is 2.10. The number of benzene rings is 1. The van der Waals surface area contributed by atoms with E-state index in [9.17, 15) is 0 Å². The van der Waals surface area contributed by atoms with Crippen LogP contribution in [0.25, 0.3) is 0 Å². The number of hydrogen-bond acceptors (Lipinski definition) is 2. The summed E-state index contributed by atoms with van der Waals surface area (Å²) in [4.78, 5) is 0. The van der Waals surface area contributed by atoms with E-state index in [4.69, 9.17) is 4.74 Å². The lowest BCUT2D eigenvalue weighted by Crippen LogP contribution is -2.61. The van der Waals surface area contributed by atoms with Crippen LogP contribution in [0.5, 0.6) is 0 Å². The molecule has 1 saturated heterocycles. The van der Waals surface area contributed by atoms with Gasteiger partial charge in [-0.1, -0.05) is 37.1 Å². The van der Waals surface area contributed by atoms with Gasteiger partial charge in [-0.25, -0.2) is 0 Å². The van der Waals surface area contributed by atoms with E-state index in [1.54, 1.807) is 0 Å². The van der Waals surface area contributed by atoms with E-state index in [1.807, 2.05) is 0 Å². The minimum atomic E-state index is 0.0664. The highest BCUT2D eigenvalue weighted by Gasteiger charge is 2.47. The van der Waals surface area contributed by atoms with Crippen molar-refractivity contribution in [1.29, 1.82) is 0 Å². The first kappa shape index (κ1) is 11.9. The van der Waals surface area contributed by atoms with Crippen LogP contribution >= 0.6 is 0 Å². The fraction of sp³-hybridized carbons (Fsp3) is 0.647. The smallest absolute Gasteiger partial charge is 0.0857 e. The highest BCUT2D eigenvalue weighted by Crippen LogP contribution is 2.42. The Morgan fingerprint density at radius 1 is 0.895 bits per heavy atom. The fourth-order valence-corrected chi connectivity index (χ4v) is 4.36. The molecule has 2 fully saturated rings. The van der Waals surface area contributed by atoms with Crippen molar-refractivity contribution >= 4 is 0 Å². The Hall–Kier alpha value is -0.860. The molecule has 1 aromatic carbocycles. The quantitative estimate of drug-likeness (QED) is 0.771. The maximum Gasteiger partial charge on any atom is 0.0857 e. The summed E-state index contributed by atoms with van der Waals surface area (Å²) in [5.41, 5.74) is 3.26. The van der Waals surface area contributed by atoms with Gasteiger partial charge >= 0.3 is 0 Å². The minimum absolute atomic E-state index is 0.0664. The van der Waals surface area contributed by atoms with E-state index < -0.39 is 0 Å². The normalized spacial score (nSPS) is 32.6. The highest BCUT2D eigenvalue weighted by molar-refractivity contribution is 5.32. The third kappa shape index (κ3) is 2.02. The van der Waals surface area contributed by atoms with E-state index in [0.717, 1.165) is 19.5 Å². The Morgan fingerprint density at radius 2 is 1.63 bits per heavy atom. The molecule has 0 aromatic heterocycles. The Morgan fingerprint density at radius 3 is 2.47 bits per heavy atom. The third-order valence-corrected chi connectivity index (χ3v) is 5.32. The maximum absolute atomic E-state index is 6.76. The van der Waals surface area contributed by atoms with Gasteiger partial charge in [0.25, 0.3) is 0 Å². The zero-order valence-corrected chi connectivity index (χ0v) is 11.6. The van der Waals surface area contributed by atoms with Crippen molar-refractivity contribution in [2.45, 2.75) is 56.1 Å². The molecule has 1 aliphatic heterocycles. The Labute approximate surface area is 115 Å². The molecule has 2 spiro atoms. The van der Waals surface area contributed by atoms with Gasteiger partial charge in [0.2, 0.25) is 0 Å². The first-order chi connectivity index (χ1) is 9.29. The van der Waals surface area contributed by atoms with Crippen LogP contribution in [0.15, 0.2) is 24.3 Å². The summed E-state index contributed by atoms with van der Waals surface area (Å²) in [6, 6.07) is 8.90. The lowest BCUT2D eigenvalue weighted by atomic mass is 9.78. The highest BCUT2D eigenvalue weighted by atomic mass is 16.5. The summed E-state index contributed by atoms with van der Waals surface area (Å²) < 4.78 is 6.76. The standard InChI is InChI=1S/C17H23NO/c1-2-6-15-11-17(10-7-14(15)5-1)13-18-12-16(19-17)8-3-4-9-16/h1-2,5-6,18H,3-4,7-13H2. The molecule has 1 unspecified atom stereocenters. The summed E-state index contributed by atoms with van der Waals surface area (Å²) in [5, 5.41) is 3.68. The van der Waals surface area contributed by atoms with Crippen LogP contribution < -0.4 is 5.32 Å². The van der Waals surface area contributed by atoms with Crippen molar-refractivity contribution < 1.29 is 4.74 Å². The maximum atomic E-state index is 6.76. The van der Waals surface area contributed by atoms with E-state index >= 15 is 0 Å². The number of nitrogens with one attached hydrogen (secondary N) is 1. The van der Waals surface area contributed by atoms with E-state index in [-0.39, 0.29) is 11.2 Å². The van der Waals surface area contributed by atoms with Crippen LogP contribution in [0.2, 0.25) is 0 Å². The van der Waals surface area contributed by atoms with Gasteiger partial charge in [0, 0.05) is 19.5 Å². The molecule has 1 aromatic rings. The monoisotopic (exact) mass is 257 g/mol. The van der Waals surface area contributed by atoms with Gasteiger partial charge in [-0.05, 0) is 36.8 Å². The zero-order chi connectivity index (χ0) is 12.8. The predicted molar refractivity (Wildman–Crippen MR) is 76.4 cm³/mol. The number of morpholine rings is 1. The number of fused-ring (bicyclic) bond motifs is 1. The van der Waals surface area contributed by atoms with Crippen molar-refractivity contribution in [3.05, 3.63) is 35.4 Å². The summed E-state index contributed by atoms with van der Waals surface area (Å²) in [6.07, 6.45) is 8.64. The van der Waals surface area contributed by atoms with E-state index in [1.165, 1.54) is 49.7 Å². The second kappa shape index (κ2) is 4.32. The predicted octanol–water partition coefficient (Wildman–Crippen LogP) is 2.85. The number of hydrogen-bond donors (Lipinski definition) is 1. The minimum Gasteiger partial charge on any atom is -0.366 e. The first-order valence-electron chi connectivity index (χ1n) is 7.77. The Bertz CT molecular complexity index is 478. The van der Waals surface area contributed by atoms with Gasteiger partial charge in [0.1, 0.15) is 0 Å². The molecule has 0 bridgehead atoms. The molecule has 4 rings (SSSR count). The molecule has 19 heavy (non-hydrogen) atoms. The summed E-state index contributed by atoms with van der Waals surface area (Å²) >= 11 is 0. The van der Waals surface area contributed by atoms with Crippen molar-refractivity contribution in [1.82, 2.24) is 5.32 Å². The number of ether oxygens (including phenoxy) is 1. The molecular formula is C17H23NO. The van der Waals surface area contributed by atoms with Gasteiger partial charge in [-0.15, -0.1) is 0 Å². The molecule has 2 heteroatoms. The molecule has 3 aliphatic rings. The Kier molecular flexibility index (Phi) is 2.71. The first-order valence-corrected chi connectivity index (χ1v) is 7.77. The molecule has 1 heterocycles. The van der Waals surface area contributed by atoms with Gasteiger partial charge in [0.15, 0.2) is 0 Å². The molecule has 0 radical (unpaired) electrons. The zero-order valence-electron chi connectivity index (χ0n) is 11.6. The lowest BCUT2D eigenvalue weighted by molar-refractivity contribution is -0.180. The molecule has 1 saturated carbocycles. The van der Waals surface area contributed by atoms with Crippen LogP contribution in [0.4, 0.5) is 0 Å². The molecule has 2 aliphatic carbocycles. The average Bonchev–Trinajstić information content (AvgIpc) is 2.86. The SMILES string of the molecule is c1ccc2c(c1)CCC1(CNCC3(CCCC3)O1)C2. The van der Waals surface area contributed by atoms with Crippen LogP contribution in [-0.4, -0.2) is 24.3 Å². The third-order valence-electron chi connectivity index (χ3n) is 5.32. The molecular weight excluding hydrogens is 234 g/mol. The topological polar surface area (TPSA) is 21.3 Å². The van der Waals surface area contributed by atoms with Crippen molar-refractivity contribution in [2.24, 2.45) is 0 Å². The lowest BCUT2D eigenvalue weighted by Gasteiger charge is -2.49. The van der Waals surface area contributed by atoms with Crippen LogP contribution in [0.3, 0.4) is 0 Å². The molecule has 1 atom stereocenters. The van der Waals surface area contributed by atoms with Gasteiger partial charge in [-0.2, -0.15) is 0 Å². The average molecular weight is 257 g/mol. The van der Waals surface area contributed by atoms with Crippen LogP contribution in [0, 0.1) is 0 Å². The van der Waals surface area contributed by atoms with Crippen molar-refractivity contribution in [2.75, 3.05) is 13.1 Å². The largest absolute Gasteiger partial charge is 0.366 e. The van der Waals surface area contributed by atoms with Gasteiger partial charge in [0.05, 0.1) is 11.2 Å². The van der Waals surface area contributed by atoms with Gasteiger partial charge < -0.3 is 10.1 Å². The number of rotatable bonds is 0. The van der Waals surface area contributed by atoms with E-state index in [2.05, 4.69) is 29.6 Å². The van der Waals surface area contributed by atoms with Gasteiger partial charge in [-0.3, -0.25) is 0 Å². The second-order valence-electron chi connectivity index (χ2n) is 6.72. The van der Waals surface area contributed by atoms with Crippen LogP contribution in [0.1, 0.15) is 43.2 Å². The van der Waals surface area contributed by atoms with Crippen molar-refractivity contribution in [3.63, 3.8) is 0 Å². The summed E-state index contributed by atoms with van der Waals surface area (Å²) in [5.74, 6) is 0. The van der Waals surface area contributed by atoms with Crippen molar-refractivity contribution in [3.8, 4) is 0 Å². The molecule has 2 nitrogen and oxygen atoms in total. The molecule has 0 amide bonds. The molecule has 102 valence electrons. The Balaban J connectivity index is 1.61. The fourth-order valence-electron chi connectivity index (χ4n) is 4.36.